The summed E-state index contributed by atoms with van der Waals surface area (Å²) in [4.78, 5) is 28.3. The van der Waals surface area contributed by atoms with Crippen molar-refractivity contribution in [1.82, 2.24) is 4.98 Å². The first-order chi connectivity index (χ1) is 14.3. The van der Waals surface area contributed by atoms with Gasteiger partial charge in [0.2, 0.25) is 0 Å². The minimum absolute atomic E-state index is 0.00490. The monoisotopic (exact) mass is 415 g/mol. The number of ether oxygens (including phenoxy) is 1. The number of aromatic nitrogens is 1. The van der Waals surface area contributed by atoms with Gasteiger partial charge in [0.25, 0.3) is 5.91 Å². The van der Waals surface area contributed by atoms with Crippen LogP contribution in [0.3, 0.4) is 0 Å². The number of para-hydroxylation sites is 1. The molecule has 0 spiro atoms. The molecule has 2 N–H and O–H groups in total. The average molecular weight is 415 g/mol. The quantitative estimate of drug-likeness (QED) is 0.574. The lowest BCUT2D eigenvalue weighted by Gasteiger charge is -2.12. The molecular weight excluding hydrogens is 399 g/mol. The summed E-state index contributed by atoms with van der Waals surface area (Å²) in [6, 6.07) is 16.0. The topological polar surface area (TPSA) is 80.3 Å². The van der Waals surface area contributed by atoms with Crippen LogP contribution in [0.1, 0.15) is 15.9 Å². The fraction of sp³-hybridized carbons (Fsp3) is 0.0952. The molecule has 0 unspecified atom stereocenters. The summed E-state index contributed by atoms with van der Waals surface area (Å²) < 4.78 is 43.7. The van der Waals surface area contributed by atoms with Crippen molar-refractivity contribution in [1.29, 1.82) is 0 Å². The van der Waals surface area contributed by atoms with Crippen LogP contribution >= 0.6 is 0 Å². The van der Waals surface area contributed by atoms with Crippen LogP contribution in [0.4, 0.5) is 30.4 Å². The highest BCUT2D eigenvalue weighted by atomic mass is 19.4. The van der Waals surface area contributed by atoms with Gasteiger partial charge < -0.3 is 15.4 Å². The summed E-state index contributed by atoms with van der Waals surface area (Å²) >= 11 is 0. The number of amides is 1. The number of anilines is 3. The van der Waals surface area contributed by atoms with Gasteiger partial charge in [0.1, 0.15) is 11.4 Å². The van der Waals surface area contributed by atoms with Crippen LogP contribution in [-0.4, -0.2) is 23.5 Å². The minimum atomic E-state index is -4.50. The van der Waals surface area contributed by atoms with Crippen LogP contribution in [0, 0.1) is 0 Å². The largest absolute Gasteiger partial charge is 0.452 e. The summed E-state index contributed by atoms with van der Waals surface area (Å²) in [7, 11) is 0. The number of nitrogens with zero attached hydrogens (tertiary/aromatic N) is 1. The highest BCUT2D eigenvalue weighted by Crippen LogP contribution is 2.31. The SMILES string of the molecule is O=C(COC(=O)c1cccnc1Nc1cccc(C(F)(F)F)c1)Nc1ccccc1. The van der Waals surface area contributed by atoms with Crippen LogP contribution < -0.4 is 10.6 Å². The Balaban J connectivity index is 1.67. The fourth-order valence-electron chi connectivity index (χ4n) is 2.51. The van der Waals surface area contributed by atoms with Gasteiger partial charge in [-0.15, -0.1) is 0 Å². The molecule has 2 aromatic carbocycles. The highest BCUT2D eigenvalue weighted by molar-refractivity contribution is 5.98. The summed E-state index contributed by atoms with van der Waals surface area (Å²) in [5, 5.41) is 5.25. The average Bonchev–Trinajstić information content (AvgIpc) is 2.73. The Kier molecular flexibility index (Phi) is 6.31. The molecule has 6 nitrogen and oxygen atoms in total. The molecule has 0 aliphatic heterocycles. The van der Waals surface area contributed by atoms with E-state index in [1.54, 1.807) is 30.3 Å². The summed E-state index contributed by atoms with van der Waals surface area (Å²) in [5.41, 5.74) is -0.223. The number of halogens is 3. The van der Waals surface area contributed by atoms with Crippen LogP contribution in [0.2, 0.25) is 0 Å². The van der Waals surface area contributed by atoms with Gasteiger partial charge in [0, 0.05) is 17.6 Å². The Morgan fingerprint density at radius 2 is 1.67 bits per heavy atom. The fourth-order valence-corrected chi connectivity index (χ4v) is 2.51. The third-order valence-electron chi connectivity index (χ3n) is 3.87. The molecule has 0 bridgehead atoms. The Morgan fingerprint density at radius 3 is 2.40 bits per heavy atom. The van der Waals surface area contributed by atoms with Crippen molar-refractivity contribution >= 4 is 29.1 Å². The van der Waals surface area contributed by atoms with E-state index in [0.29, 0.717) is 5.69 Å². The lowest BCUT2D eigenvalue weighted by atomic mass is 10.2. The van der Waals surface area contributed by atoms with Crippen LogP contribution in [0.5, 0.6) is 0 Å². The standard InChI is InChI=1S/C21H16F3N3O3/c22-21(23,24)14-6-4-9-16(12-14)27-19-17(10-5-11-25-19)20(29)30-13-18(28)26-15-7-2-1-3-8-15/h1-12H,13H2,(H,25,27)(H,26,28). The normalized spacial score (nSPS) is 10.9. The number of hydrogen-bond acceptors (Lipinski definition) is 5. The van der Waals surface area contributed by atoms with Crippen molar-refractivity contribution in [2.24, 2.45) is 0 Å². The number of carbonyl (C=O) groups is 2. The first kappa shape index (κ1) is 20.8. The number of hydrogen-bond donors (Lipinski definition) is 2. The number of carbonyl (C=O) groups excluding carboxylic acids is 2. The van der Waals surface area contributed by atoms with Crippen molar-refractivity contribution in [3.05, 3.63) is 84.1 Å². The highest BCUT2D eigenvalue weighted by Gasteiger charge is 2.30. The van der Waals surface area contributed by atoms with Crippen LogP contribution in [-0.2, 0) is 15.7 Å². The summed E-state index contributed by atoms with van der Waals surface area (Å²) in [6.45, 7) is -0.536. The van der Waals surface area contributed by atoms with E-state index >= 15 is 0 Å². The lowest BCUT2D eigenvalue weighted by Crippen LogP contribution is -2.21. The number of nitrogens with one attached hydrogen (secondary N) is 2. The van der Waals surface area contributed by atoms with Gasteiger partial charge in [-0.3, -0.25) is 4.79 Å². The molecule has 3 aromatic rings. The number of rotatable bonds is 6. The number of benzene rings is 2. The minimum Gasteiger partial charge on any atom is -0.452 e. The maximum absolute atomic E-state index is 12.9. The van der Waals surface area contributed by atoms with E-state index < -0.39 is 30.2 Å². The van der Waals surface area contributed by atoms with E-state index in [4.69, 9.17) is 4.74 Å². The number of esters is 1. The van der Waals surface area contributed by atoms with E-state index in [-0.39, 0.29) is 17.1 Å². The Morgan fingerprint density at radius 1 is 0.933 bits per heavy atom. The molecule has 9 heteroatoms. The third kappa shape index (κ3) is 5.57. The van der Waals surface area contributed by atoms with Gasteiger partial charge in [-0.25, -0.2) is 9.78 Å². The zero-order valence-corrected chi connectivity index (χ0v) is 15.4. The molecule has 0 aliphatic rings. The summed E-state index contributed by atoms with van der Waals surface area (Å²) in [6.07, 6.45) is -3.13. The van der Waals surface area contributed by atoms with E-state index in [1.807, 2.05) is 0 Å². The smallest absolute Gasteiger partial charge is 0.416 e. The van der Waals surface area contributed by atoms with Crippen molar-refractivity contribution in [3.63, 3.8) is 0 Å². The number of pyridine rings is 1. The van der Waals surface area contributed by atoms with Gasteiger partial charge in [-0.05, 0) is 42.5 Å². The second kappa shape index (κ2) is 9.08. The Bertz CT molecular complexity index is 1040. The number of alkyl halides is 3. The molecule has 154 valence electrons. The Hall–Kier alpha value is -3.88. The zero-order chi connectivity index (χ0) is 21.6. The van der Waals surface area contributed by atoms with E-state index in [2.05, 4.69) is 15.6 Å². The van der Waals surface area contributed by atoms with Crippen LogP contribution in [0.25, 0.3) is 0 Å². The van der Waals surface area contributed by atoms with Crippen LogP contribution in [0.15, 0.2) is 72.9 Å². The summed E-state index contributed by atoms with van der Waals surface area (Å²) in [5.74, 6) is -1.38. The van der Waals surface area contributed by atoms with Gasteiger partial charge >= 0.3 is 12.1 Å². The maximum atomic E-state index is 12.9. The van der Waals surface area contributed by atoms with E-state index in [0.717, 1.165) is 12.1 Å². The molecule has 1 amide bonds. The molecule has 1 aromatic heterocycles. The van der Waals surface area contributed by atoms with Crippen molar-refractivity contribution in [2.75, 3.05) is 17.2 Å². The van der Waals surface area contributed by atoms with Gasteiger partial charge in [0.05, 0.1) is 5.56 Å². The van der Waals surface area contributed by atoms with Crippen molar-refractivity contribution in [3.8, 4) is 0 Å². The predicted molar refractivity (Wildman–Crippen MR) is 104 cm³/mol. The second-order valence-electron chi connectivity index (χ2n) is 6.09. The Labute approximate surface area is 169 Å². The molecule has 0 atom stereocenters. The molecule has 0 saturated carbocycles. The molecule has 3 rings (SSSR count). The van der Waals surface area contributed by atoms with E-state index in [1.165, 1.54) is 30.5 Å². The van der Waals surface area contributed by atoms with Gasteiger partial charge in [-0.2, -0.15) is 13.2 Å². The maximum Gasteiger partial charge on any atom is 0.416 e. The molecule has 0 fully saturated rings. The lowest BCUT2D eigenvalue weighted by molar-refractivity contribution is -0.137. The van der Waals surface area contributed by atoms with Crippen molar-refractivity contribution < 1.29 is 27.5 Å². The van der Waals surface area contributed by atoms with Gasteiger partial charge in [-0.1, -0.05) is 24.3 Å². The predicted octanol–water partition coefficient (Wildman–Crippen LogP) is 4.64. The zero-order valence-electron chi connectivity index (χ0n) is 15.4. The molecule has 1 heterocycles. The second-order valence-corrected chi connectivity index (χ2v) is 6.09. The van der Waals surface area contributed by atoms with Gasteiger partial charge in [0.15, 0.2) is 6.61 Å². The van der Waals surface area contributed by atoms with Crippen molar-refractivity contribution in [2.45, 2.75) is 6.18 Å². The molecular formula is C21H16F3N3O3. The molecule has 30 heavy (non-hydrogen) atoms. The first-order valence-corrected chi connectivity index (χ1v) is 8.74. The third-order valence-corrected chi connectivity index (χ3v) is 3.87. The van der Waals surface area contributed by atoms with E-state index in [9.17, 15) is 22.8 Å². The first-order valence-electron chi connectivity index (χ1n) is 8.74. The molecule has 0 saturated heterocycles. The molecule has 0 aliphatic carbocycles. The molecule has 0 radical (unpaired) electrons.